The Morgan fingerprint density at radius 1 is 1.38 bits per heavy atom. The van der Waals surface area contributed by atoms with Crippen LogP contribution in [-0.4, -0.2) is 33.5 Å². The van der Waals surface area contributed by atoms with Crippen LogP contribution >= 0.6 is 0 Å². The number of carbonyl (C=O) groups is 1. The van der Waals surface area contributed by atoms with Crippen molar-refractivity contribution in [1.82, 2.24) is 15.0 Å². The number of nitrogens with two attached hydrogens (primary N) is 1. The summed E-state index contributed by atoms with van der Waals surface area (Å²) in [4.78, 5) is 11.5. The molecule has 118 valence electrons. The Kier molecular flexibility index (Phi) is 4.84. The second-order valence-corrected chi connectivity index (χ2v) is 5.52. The smallest absolute Gasteiger partial charge is 0.268 e. The lowest BCUT2D eigenvalue weighted by molar-refractivity contribution is -0.0457. The number of hydrogen-bond acceptors (Lipinski definition) is 3. The molecule has 1 saturated carbocycles. The number of nitrogens with zero attached hydrogens (tertiary/aromatic N) is 3. The standard InChI is InChI=1S/C13H19F3N4O/c14-6-1-7-20-11(12(17)21)10(18-19-20)8-9-2-4-13(15,16)5-3-9/h9H,1-8H2,(H2,17,21). The average molecular weight is 304 g/mol. The van der Waals surface area contributed by atoms with Crippen LogP contribution in [0.15, 0.2) is 0 Å². The Balaban J connectivity index is 2.06. The molecule has 1 fully saturated rings. The number of primary amides is 1. The highest BCUT2D eigenvalue weighted by Crippen LogP contribution is 2.37. The number of aromatic nitrogens is 3. The van der Waals surface area contributed by atoms with Crippen LogP contribution in [0.25, 0.3) is 0 Å². The topological polar surface area (TPSA) is 73.8 Å². The highest BCUT2D eigenvalue weighted by molar-refractivity contribution is 5.92. The van der Waals surface area contributed by atoms with Crippen molar-refractivity contribution in [2.75, 3.05) is 6.67 Å². The van der Waals surface area contributed by atoms with Gasteiger partial charge in [-0.05, 0) is 31.6 Å². The normalized spacial score (nSPS) is 18.8. The molecular weight excluding hydrogens is 285 g/mol. The van der Waals surface area contributed by atoms with E-state index in [0.717, 1.165) is 0 Å². The van der Waals surface area contributed by atoms with Crippen LogP contribution in [0.4, 0.5) is 13.2 Å². The summed E-state index contributed by atoms with van der Waals surface area (Å²) < 4.78 is 39.8. The van der Waals surface area contributed by atoms with E-state index in [1.807, 2.05) is 0 Å². The fourth-order valence-corrected chi connectivity index (χ4v) is 2.70. The molecule has 1 aromatic heterocycles. The maximum Gasteiger partial charge on any atom is 0.268 e. The molecule has 0 atom stereocenters. The van der Waals surface area contributed by atoms with Gasteiger partial charge in [0.2, 0.25) is 5.92 Å². The zero-order valence-corrected chi connectivity index (χ0v) is 11.7. The number of rotatable bonds is 6. The van der Waals surface area contributed by atoms with Gasteiger partial charge in [0.25, 0.3) is 5.91 Å². The lowest BCUT2D eigenvalue weighted by Crippen LogP contribution is -2.26. The molecule has 1 aromatic rings. The molecule has 0 aliphatic heterocycles. The summed E-state index contributed by atoms with van der Waals surface area (Å²) >= 11 is 0. The molecule has 0 aromatic carbocycles. The molecule has 0 spiro atoms. The summed E-state index contributed by atoms with van der Waals surface area (Å²) in [6, 6.07) is 0. The van der Waals surface area contributed by atoms with Crippen molar-refractivity contribution >= 4 is 5.91 Å². The van der Waals surface area contributed by atoms with Gasteiger partial charge >= 0.3 is 0 Å². The molecule has 0 radical (unpaired) electrons. The van der Waals surface area contributed by atoms with Crippen molar-refractivity contribution < 1.29 is 18.0 Å². The van der Waals surface area contributed by atoms with E-state index in [-0.39, 0.29) is 37.4 Å². The van der Waals surface area contributed by atoms with Gasteiger partial charge in [0, 0.05) is 19.4 Å². The van der Waals surface area contributed by atoms with Gasteiger partial charge in [0.15, 0.2) is 0 Å². The number of amides is 1. The lowest BCUT2D eigenvalue weighted by Gasteiger charge is -2.27. The molecule has 1 heterocycles. The first-order valence-electron chi connectivity index (χ1n) is 7.09. The van der Waals surface area contributed by atoms with Gasteiger partial charge < -0.3 is 5.73 Å². The van der Waals surface area contributed by atoms with Crippen molar-refractivity contribution in [1.29, 1.82) is 0 Å². The van der Waals surface area contributed by atoms with Crippen molar-refractivity contribution in [3.63, 3.8) is 0 Å². The Labute approximate surface area is 120 Å². The fraction of sp³-hybridized carbons (Fsp3) is 0.769. The van der Waals surface area contributed by atoms with E-state index < -0.39 is 18.5 Å². The summed E-state index contributed by atoms with van der Waals surface area (Å²) in [5.41, 5.74) is 5.92. The van der Waals surface area contributed by atoms with Crippen molar-refractivity contribution in [2.45, 2.75) is 51.0 Å². The Morgan fingerprint density at radius 3 is 2.62 bits per heavy atom. The maximum absolute atomic E-state index is 13.1. The molecule has 1 amide bonds. The number of aryl methyl sites for hydroxylation is 1. The van der Waals surface area contributed by atoms with Crippen LogP contribution in [0.1, 0.15) is 48.3 Å². The summed E-state index contributed by atoms with van der Waals surface area (Å²) in [5.74, 6) is -3.20. The van der Waals surface area contributed by atoms with Gasteiger partial charge in [-0.25, -0.2) is 13.5 Å². The second-order valence-electron chi connectivity index (χ2n) is 5.52. The second kappa shape index (κ2) is 6.44. The third kappa shape index (κ3) is 3.95. The summed E-state index contributed by atoms with van der Waals surface area (Å²) in [5, 5.41) is 7.74. The zero-order chi connectivity index (χ0) is 15.5. The Bertz CT molecular complexity index is 494. The molecule has 0 unspecified atom stereocenters. The van der Waals surface area contributed by atoms with E-state index >= 15 is 0 Å². The van der Waals surface area contributed by atoms with Crippen LogP contribution in [-0.2, 0) is 13.0 Å². The number of hydrogen-bond donors (Lipinski definition) is 1. The van der Waals surface area contributed by atoms with Gasteiger partial charge in [-0.1, -0.05) is 5.21 Å². The zero-order valence-electron chi connectivity index (χ0n) is 11.7. The fourth-order valence-electron chi connectivity index (χ4n) is 2.70. The van der Waals surface area contributed by atoms with E-state index in [1.165, 1.54) is 4.68 Å². The third-order valence-electron chi connectivity index (χ3n) is 3.86. The first kappa shape index (κ1) is 15.8. The first-order chi connectivity index (χ1) is 9.93. The van der Waals surface area contributed by atoms with Gasteiger partial charge in [0.05, 0.1) is 12.4 Å². The molecule has 21 heavy (non-hydrogen) atoms. The monoisotopic (exact) mass is 304 g/mol. The van der Waals surface area contributed by atoms with Crippen LogP contribution in [0.2, 0.25) is 0 Å². The van der Waals surface area contributed by atoms with Crippen LogP contribution in [0, 0.1) is 5.92 Å². The third-order valence-corrected chi connectivity index (χ3v) is 3.86. The summed E-state index contributed by atoms with van der Waals surface area (Å²) in [6.07, 6.45) is 1.13. The molecule has 1 aliphatic rings. The van der Waals surface area contributed by atoms with Crippen molar-refractivity contribution in [2.24, 2.45) is 11.7 Å². The lowest BCUT2D eigenvalue weighted by atomic mass is 9.84. The number of alkyl halides is 3. The van der Waals surface area contributed by atoms with Gasteiger partial charge in [-0.2, -0.15) is 0 Å². The van der Waals surface area contributed by atoms with Gasteiger partial charge in [-0.15, -0.1) is 5.10 Å². The predicted octanol–water partition coefficient (Wildman–Crippen LogP) is 2.10. The van der Waals surface area contributed by atoms with Crippen molar-refractivity contribution in [3.8, 4) is 0 Å². The van der Waals surface area contributed by atoms with E-state index in [1.54, 1.807) is 0 Å². The van der Waals surface area contributed by atoms with E-state index in [9.17, 15) is 18.0 Å². The van der Waals surface area contributed by atoms with Crippen LogP contribution in [0.3, 0.4) is 0 Å². The van der Waals surface area contributed by atoms with Crippen molar-refractivity contribution in [3.05, 3.63) is 11.4 Å². The molecule has 0 bridgehead atoms. The molecule has 2 N–H and O–H groups in total. The minimum absolute atomic E-state index is 0.0500. The number of halogens is 3. The van der Waals surface area contributed by atoms with E-state index in [2.05, 4.69) is 10.3 Å². The highest BCUT2D eigenvalue weighted by atomic mass is 19.3. The van der Waals surface area contributed by atoms with E-state index in [0.29, 0.717) is 25.0 Å². The predicted molar refractivity (Wildman–Crippen MR) is 69.7 cm³/mol. The molecule has 5 nitrogen and oxygen atoms in total. The molecule has 0 saturated heterocycles. The SMILES string of the molecule is NC(=O)c1c(CC2CCC(F)(F)CC2)nnn1CCCF. The summed E-state index contributed by atoms with van der Waals surface area (Å²) in [7, 11) is 0. The average Bonchev–Trinajstić information content (AvgIpc) is 2.82. The van der Waals surface area contributed by atoms with Gasteiger partial charge in [0.1, 0.15) is 5.69 Å². The minimum atomic E-state index is -2.58. The van der Waals surface area contributed by atoms with E-state index in [4.69, 9.17) is 5.73 Å². The molecular formula is C13H19F3N4O. The summed E-state index contributed by atoms with van der Waals surface area (Å²) in [6.45, 7) is -0.296. The molecule has 1 aliphatic carbocycles. The van der Waals surface area contributed by atoms with Crippen LogP contribution in [0.5, 0.6) is 0 Å². The molecule has 8 heteroatoms. The first-order valence-corrected chi connectivity index (χ1v) is 7.09. The Hall–Kier alpha value is -1.60. The number of carbonyl (C=O) groups excluding carboxylic acids is 1. The minimum Gasteiger partial charge on any atom is -0.364 e. The largest absolute Gasteiger partial charge is 0.364 e. The van der Waals surface area contributed by atoms with Gasteiger partial charge in [-0.3, -0.25) is 9.18 Å². The molecule has 2 rings (SSSR count). The van der Waals surface area contributed by atoms with Crippen LogP contribution < -0.4 is 5.73 Å². The highest BCUT2D eigenvalue weighted by Gasteiger charge is 2.35. The quantitative estimate of drug-likeness (QED) is 0.874. The maximum atomic E-state index is 13.1. The Morgan fingerprint density at radius 2 is 2.05 bits per heavy atom.